The molecule has 1 rings (SSSR count). The Balaban J connectivity index is 3.15. The lowest BCUT2D eigenvalue weighted by molar-refractivity contribution is 0.0696. The number of likely N-dealkylation sites (N-methyl/N-ethyl adjacent to an activating group) is 1. The summed E-state index contributed by atoms with van der Waals surface area (Å²) in [6, 6.07) is 5.08. The number of carboxylic acids is 1. The van der Waals surface area contributed by atoms with Crippen LogP contribution < -0.4 is 0 Å². The van der Waals surface area contributed by atoms with Crippen molar-refractivity contribution in [1.29, 1.82) is 0 Å². The molecule has 0 atom stereocenters. The number of rotatable bonds is 5. The smallest absolute Gasteiger partial charge is 0.335 e. The first-order valence-electron chi connectivity index (χ1n) is 4.80. The van der Waals surface area contributed by atoms with Crippen molar-refractivity contribution in [1.82, 2.24) is 4.31 Å². The number of hydrogen-bond acceptors (Lipinski definition) is 4. The standard InChI is InChI=1S/C10H13NO5S/c1-11(5-6-12)17(15,16)9-4-2-3-8(7-9)10(13)14/h2-4,7,12H,5-6H2,1H3,(H,13,14). The van der Waals surface area contributed by atoms with Crippen LogP contribution in [0.15, 0.2) is 29.2 Å². The topological polar surface area (TPSA) is 94.9 Å². The van der Waals surface area contributed by atoms with Gasteiger partial charge in [0.1, 0.15) is 0 Å². The molecule has 0 spiro atoms. The van der Waals surface area contributed by atoms with Gasteiger partial charge < -0.3 is 10.2 Å². The zero-order valence-electron chi connectivity index (χ0n) is 9.20. The van der Waals surface area contributed by atoms with Crippen molar-refractivity contribution in [2.45, 2.75) is 4.90 Å². The van der Waals surface area contributed by atoms with Crippen molar-refractivity contribution >= 4 is 16.0 Å². The van der Waals surface area contributed by atoms with Crippen molar-refractivity contribution in [3.8, 4) is 0 Å². The van der Waals surface area contributed by atoms with Gasteiger partial charge in [0.15, 0.2) is 0 Å². The number of aromatic carboxylic acids is 1. The van der Waals surface area contributed by atoms with Gasteiger partial charge >= 0.3 is 5.97 Å². The average molecular weight is 259 g/mol. The third kappa shape index (κ3) is 3.02. The average Bonchev–Trinajstić information content (AvgIpc) is 2.29. The van der Waals surface area contributed by atoms with Crippen LogP contribution in [-0.2, 0) is 10.0 Å². The zero-order chi connectivity index (χ0) is 13.1. The fraction of sp³-hybridized carbons (Fsp3) is 0.300. The van der Waals surface area contributed by atoms with E-state index in [1.807, 2.05) is 0 Å². The number of sulfonamides is 1. The number of nitrogens with zero attached hydrogens (tertiary/aromatic N) is 1. The van der Waals surface area contributed by atoms with Gasteiger partial charge in [-0.15, -0.1) is 0 Å². The number of aliphatic hydroxyl groups excluding tert-OH is 1. The Morgan fingerprint density at radius 1 is 1.41 bits per heavy atom. The number of carbonyl (C=O) groups is 1. The monoisotopic (exact) mass is 259 g/mol. The van der Waals surface area contributed by atoms with E-state index in [0.717, 1.165) is 10.4 Å². The summed E-state index contributed by atoms with van der Waals surface area (Å²) in [5.41, 5.74) is -0.0940. The molecular formula is C10H13NO5S. The summed E-state index contributed by atoms with van der Waals surface area (Å²) in [6.45, 7) is -0.339. The molecule has 17 heavy (non-hydrogen) atoms. The maximum absolute atomic E-state index is 11.9. The minimum Gasteiger partial charge on any atom is -0.478 e. The van der Waals surface area contributed by atoms with Crippen molar-refractivity contribution in [3.05, 3.63) is 29.8 Å². The van der Waals surface area contributed by atoms with Crippen LogP contribution >= 0.6 is 0 Å². The lowest BCUT2D eigenvalue weighted by Gasteiger charge is -2.15. The minimum absolute atomic E-state index is 0.0420. The summed E-state index contributed by atoms with van der Waals surface area (Å²) >= 11 is 0. The molecular weight excluding hydrogens is 246 g/mol. The molecule has 0 aromatic heterocycles. The van der Waals surface area contributed by atoms with Gasteiger partial charge in [-0.2, -0.15) is 4.31 Å². The van der Waals surface area contributed by atoms with E-state index in [9.17, 15) is 13.2 Å². The van der Waals surface area contributed by atoms with Gasteiger partial charge in [0.05, 0.1) is 17.1 Å². The zero-order valence-corrected chi connectivity index (χ0v) is 10.0. The summed E-state index contributed by atoms with van der Waals surface area (Å²) in [5, 5.41) is 17.5. The molecule has 0 fully saturated rings. The molecule has 6 nitrogen and oxygen atoms in total. The Hall–Kier alpha value is -1.44. The molecule has 0 saturated carbocycles. The first-order valence-corrected chi connectivity index (χ1v) is 6.24. The second kappa shape index (κ2) is 5.26. The lowest BCUT2D eigenvalue weighted by Crippen LogP contribution is -2.29. The first-order chi connectivity index (χ1) is 7.89. The molecule has 2 N–H and O–H groups in total. The molecule has 0 aliphatic rings. The molecule has 94 valence electrons. The Bertz CT molecular complexity index is 511. The van der Waals surface area contributed by atoms with Crippen LogP contribution in [0.2, 0.25) is 0 Å². The summed E-state index contributed by atoms with van der Waals surface area (Å²) in [6.07, 6.45) is 0. The maximum Gasteiger partial charge on any atom is 0.335 e. The van der Waals surface area contributed by atoms with Crippen LogP contribution in [0.3, 0.4) is 0 Å². The van der Waals surface area contributed by atoms with Gasteiger partial charge in [0.2, 0.25) is 10.0 Å². The van der Waals surface area contributed by atoms with Crippen LogP contribution in [0.1, 0.15) is 10.4 Å². The Kier molecular flexibility index (Phi) is 4.22. The number of hydrogen-bond donors (Lipinski definition) is 2. The van der Waals surface area contributed by atoms with E-state index in [2.05, 4.69) is 0 Å². The predicted octanol–water partition coefficient (Wildman–Crippen LogP) is -0.00240. The number of carboxylic acid groups (broad SMARTS) is 1. The molecule has 0 amide bonds. The van der Waals surface area contributed by atoms with Crippen LogP contribution in [0.25, 0.3) is 0 Å². The molecule has 0 radical (unpaired) electrons. The van der Waals surface area contributed by atoms with E-state index < -0.39 is 16.0 Å². The van der Waals surface area contributed by atoms with E-state index in [0.29, 0.717) is 0 Å². The SMILES string of the molecule is CN(CCO)S(=O)(=O)c1cccc(C(=O)O)c1. The van der Waals surface area contributed by atoms with Crippen molar-refractivity contribution < 1.29 is 23.4 Å². The van der Waals surface area contributed by atoms with Crippen LogP contribution in [-0.4, -0.2) is 49.1 Å². The highest BCUT2D eigenvalue weighted by atomic mass is 32.2. The highest BCUT2D eigenvalue weighted by Gasteiger charge is 2.21. The Morgan fingerprint density at radius 3 is 2.59 bits per heavy atom. The molecule has 0 saturated heterocycles. The third-order valence-electron chi connectivity index (χ3n) is 2.20. The maximum atomic E-state index is 11.9. The van der Waals surface area contributed by atoms with Gasteiger partial charge in [0, 0.05) is 13.6 Å². The molecule has 7 heteroatoms. The summed E-state index contributed by atoms with van der Waals surface area (Å²) in [7, 11) is -2.43. The predicted molar refractivity (Wildman–Crippen MR) is 60.3 cm³/mol. The van der Waals surface area contributed by atoms with Crippen molar-refractivity contribution in [2.75, 3.05) is 20.2 Å². The Morgan fingerprint density at radius 2 is 2.06 bits per heavy atom. The van der Waals surface area contributed by atoms with E-state index in [1.165, 1.54) is 25.2 Å². The van der Waals surface area contributed by atoms with E-state index in [4.69, 9.17) is 10.2 Å². The quantitative estimate of drug-likeness (QED) is 0.776. The molecule has 0 aliphatic heterocycles. The fourth-order valence-corrected chi connectivity index (χ4v) is 2.44. The lowest BCUT2D eigenvalue weighted by atomic mass is 10.2. The van der Waals surface area contributed by atoms with Gasteiger partial charge in [-0.3, -0.25) is 0 Å². The van der Waals surface area contributed by atoms with Gasteiger partial charge in [-0.1, -0.05) is 6.07 Å². The molecule has 0 bridgehead atoms. The molecule has 0 heterocycles. The first kappa shape index (κ1) is 13.6. The molecule has 1 aromatic rings. The minimum atomic E-state index is -3.75. The summed E-state index contributed by atoms with van der Waals surface area (Å²) < 4.78 is 24.8. The fourth-order valence-electron chi connectivity index (χ4n) is 1.23. The number of benzene rings is 1. The van der Waals surface area contributed by atoms with Crippen LogP contribution in [0.4, 0.5) is 0 Å². The Labute approximate surface area is 99.2 Å². The van der Waals surface area contributed by atoms with Gasteiger partial charge in [0.25, 0.3) is 0 Å². The van der Waals surface area contributed by atoms with Crippen molar-refractivity contribution in [3.63, 3.8) is 0 Å². The van der Waals surface area contributed by atoms with Crippen LogP contribution in [0.5, 0.6) is 0 Å². The third-order valence-corrected chi connectivity index (χ3v) is 4.06. The second-order valence-corrected chi connectivity index (χ2v) is 5.43. The summed E-state index contributed by atoms with van der Waals surface area (Å²) in [4.78, 5) is 10.6. The van der Waals surface area contributed by atoms with E-state index in [-0.39, 0.29) is 23.6 Å². The van der Waals surface area contributed by atoms with Gasteiger partial charge in [-0.25, -0.2) is 13.2 Å². The van der Waals surface area contributed by atoms with Crippen LogP contribution in [0, 0.1) is 0 Å². The highest BCUT2D eigenvalue weighted by Crippen LogP contribution is 2.15. The van der Waals surface area contributed by atoms with E-state index in [1.54, 1.807) is 0 Å². The largest absolute Gasteiger partial charge is 0.478 e. The normalized spacial score (nSPS) is 11.7. The number of aliphatic hydroxyl groups is 1. The molecule has 1 aromatic carbocycles. The van der Waals surface area contributed by atoms with E-state index >= 15 is 0 Å². The highest BCUT2D eigenvalue weighted by molar-refractivity contribution is 7.89. The second-order valence-electron chi connectivity index (χ2n) is 3.38. The molecule has 0 aliphatic carbocycles. The molecule has 0 unspecified atom stereocenters. The van der Waals surface area contributed by atoms with Gasteiger partial charge in [-0.05, 0) is 18.2 Å². The van der Waals surface area contributed by atoms with Crippen molar-refractivity contribution in [2.24, 2.45) is 0 Å². The summed E-state index contributed by atoms with van der Waals surface area (Å²) in [5.74, 6) is -1.19.